The second kappa shape index (κ2) is 7.60. The molecule has 5 nitrogen and oxygen atoms in total. The molecule has 2 atom stereocenters. The Labute approximate surface area is 162 Å². The highest BCUT2D eigenvalue weighted by Gasteiger charge is 2.37. The van der Waals surface area contributed by atoms with Crippen LogP contribution in [0.4, 0.5) is 8.78 Å². The molecule has 28 heavy (non-hydrogen) atoms. The number of nitrogens with zero attached hydrogens (tertiary/aromatic N) is 2. The first-order valence-electron chi connectivity index (χ1n) is 9.25. The van der Waals surface area contributed by atoms with Gasteiger partial charge >= 0.3 is 0 Å². The molecule has 2 aromatic carbocycles. The number of rotatable bonds is 5. The highest BCUT2D eigenvalue weighted by atomic mass is 19.2. The van der Waals surface area contributed by atoms with Crippen LogP contribution in [0.3, 0.4) is 0 Å². The van der Waals surface area contributed by atoms with E-state index < -0.39 is 23.6 Å². The fourth-order valence-electron chi connectivity index (χ4n) is 3.59. The summed E-state index contributed by atoms with van der Waals surface area (Å²) in [6, 6.07) is 13.4. The SMILES string of the molecule is CC1(OCc2ccccc2)C=C2CN(C(O)c3ccc(F)c(F)c3)CCN2N1. The van der Waals surface area contributed by atoms with Crippen LogP contribution in [0.15, 0.2) is 60.3 Å². The summed E-state index contributed by atoms with van der Waals surface area (Å²) in [6.45, 7) is 4.11. The summed E-state index contributed by atoms with van der Waals surface area (Å²) in [5, 5.41) is 12.6. The quantitative estimate of drug-likeness (QED) is 0.826. The maximum Gasteiger partial charge on any atom is 0.159 e. The molecule has 1 fully saturated rings. The first-order chi connectivity index (χ1) is 13.4. The molecule has 0 bridgehead atoms. The van der Waals surface area contributed by atoms with Gasteiger partial charge in [0.1, 0.15) is 6.23 Å². The zero-order valence-electron chi connectivity index (χ0n) is 15.6. The van der Waals surface area contributed by atoms with Crippen molar-refractivity contribution in [2.45, 2.75) is 25.5 Å². The van der Waals surface area contributed by atoms with E-state index in [9.17, 15) is 13.9 Å². The molecule has 0 spiro atoms. The van der Waals surface area contributed by atoms with Crippen LogP contribution in [-0.2, 0) is 11.3 Å². The summed E-state index contributed by atoms with van der Waals surface area (Å²) in [7, 11) is 0. The molecule has 2 aromatic rings. The highest BCUT2D eigenvalue weighted by Crippen LogP contribution is 2.29. The Morgan fingerprint density at radius 2 is 1.93 bits per heavy atom. The summed E-state index contributed by atoms with van der Waals surface area (Å²) < 4.78 is 32.7. The number of hydrogen-bond donors (Lipinski definition) is 2. The largest absolute Gasteiger partial charge is 0.374 e. The standard InChI is InChI=1S/C21H23F2N3O2/c1-21(28-14-15-5-3-2-4-6-15)12-17-13-25(9-10-26(17)24-21)20(27)16-7-8-18(22)19(23)11-16/h2-8,11-12,20,24,27H,9-10,13-14H2,1H3. The zero-order chi connectivity index (χ0) is 19.7. The predicted octanol–water partition coefficient (Wildman–Crippen LogP) is 2.91. The van der Waals surface area contributed by atoms with Crippen molar-refractivity contribution in [1.29, 1.82) is 0 Å². The number of hydrazine groups is 1. The molecular weight excluding hydrogens is 364 g/mol. The van der Waals surface area contributed by atoms with E-state index in [2.05, 4.69) is 5.43 Å². The number of nitrogens with one attached hydrogen (secondary N) is 1. The summed E-state index contributed by atoms with van der Waals surface area (Å²) >= 11 is 0. The summed E-state index contributed by atoms with van der Waals surface area (Å²) in [4.78, 5) is 1.82. The van der Waals surface area contributed by atoms with Crippen molar-refractivity contribution in [3.63, 3.8) is 0 Å². The van der Waals surface area contributed by atoms with Crippen molar-refractivity contribution in [3.05, 3.63) is 83.1 Å². The second-order valence-corrected chi connectivity index (χ2v) is 7.30. The van der Waals surface area contributed by atoms with E-state index in [0.29, 0.717) is 31.8 Å². The topological polar surface area (TPSA) is 48.0 Å². The summed E-state index contributed by atoms with van der Waals surface area (Å²) in [5.74, 6) is -1.88. The van der Waals surface area contributed by atoms with Gasteiger partial charge in [-0.25, -0.2) is 14.2 Å². The average molecular weight is 387 g/mol. The minimum atomic E-state index is -1.00. The van der Waals surface area contributed by atoms with Crippen LogP contribution >= 0.6 is 0 Å². The van der Waals surface area contributed by atoms with Gasteiger partial charge in [0.15, 0.2) is 17.4 Å². The van der Waals surface area contributed by atoms with Gasteiger partial charge in [0.2, 0.25) is 0 Å². The van der Waals surface area contributed by atoms with Gasteiger partial charge in [-0.3, -0.25) is 4.90 Å². The van der Waals surface area contributed by atoms with E-state index in [-0.39, 0.29) is 0 Å². The van der Waals surface area contributed by atoms with Crippen molar-refractivity contribution in [2.75, 3.05) is 19.6 Å². The lowest BCUT2D eigenvalue weighted by molar-refractivity contribution is -0.0684. The molecule has 4 rings (SSSR count). The molecule has 0 saturated carbocycles. The van der Waals surface area contributed by atoms with Crippen LogP contribution in [0.1, 0.15) is 24.3 Å². The molecule has 0 radical (unpaired) electrons. The van der Waals surface area contributed by atoms with E-state index in [1.807, 2.05) is 53.2 Å². The van der Waals surface area contributed by atoms with Crippen LogP contribution in [-0.4, -0.2) is 40.4 Å². The number of piperazine rings is 1. The molecule has 2 heterocycles. The molecule has 1 saturated heterocycles. The van der Waals surface area contributed by atoms with Crippen molar-refractivity contribution in [1.82, 2.24) is 15.3 Å². The maximum absolute atomic E-state index is 13.5. The van der Waals surface area contributed by atoms with Crippen LogP contribution in [0, 0.1) is 11.6 Å². The highest BCUT2D eigenvalue weighted by molar-refractivity contribution is 5.23. The van der Waals surface area contributed by atoms with Crippen LogP contribution in [0.2, 0.25) is 0 Å². The van der Waals surface area contributed by atoms with Gasteiger partial charge in [0, 0.05) is 25.3 Å². The monoisotopic (exact) mass is 387 g/mol. The number of halogens is 2. The van der Waals surface area contributed by atoms with Gasteiger partial charge in [0.05, 0.1) is 6.61 Å². The number of benzene rings is 2. The van der Waals surface area contributed by atoms with E-state index in [1.54, 1.807) is 0 Å². The van der Waals surface area contributed by atoms with Gasteiger partial charge in [-0.1, -0.05) is 36.4 Å². The summed E-state index contributed by atoms with van der Waals surface area (Å²) in [5.41, 5.74) is 5.11. The number of fused-ring (bicyclic) bond motifs is 1. The van der Waals surface area contributed by atoms with E-state index in [1.165, 1.54) is 6.07 Å². The predicted molar refractivity (Wildman–Crippen MR) is 100 cm³/mol. The molecule has 0 aliphatic carbocycles. The first-order valence-corrected chi connectivity index (χ1v) is 9.25. The Balaban J connectivity index is 1.43. The van der Waals surface area contributed by atoms with E-state index in [4.69, 9.17) is 4.74 Å². The van der Waals surface area contributed by atoms with Crippen LogP contribution in [0.5, 0.6) is 0 Å². The molecule has 0 amide bonds. The second-order valence-electron chi connectivity index (χ2n) is 7.30. The van der Waals surface area contributed by atoms with Crippen molar-refractivity contribution in [2.24, 2.45) is 0 Å². The Kier molecular flexibility index (Phi) is 5.16. The van der Waals surface area contributed by atoms with Crippen molar-refractivity contribution < 1.29 is 18.6 Å². The van der Waals surface area contributed by atoms with Gasteiger partial charge in [-0.2, -0.15) is 0 Å². The van der Waals surface area contributed by atoms with Gasteiger partial charge in [-0.15, -0.1) is 0 Å². The Hall–Kier alpha value is -2.32. The number of hydrogen-bond acceptors (Lipinski definition) is 5. The lowest BCUT2D eigenvalue weighted by atomic mass is 10.1. The van der Waals surface area contributed by atoms with Crippen LogP contribution in [0.25, 0.3) is 0 Å². The van der Waals surface area contributed by atoms with Crippen molar-refractivity contribution in [3.8, 4) is 0 Å². The third-order valence-corrected chi connectivity index (χ3v) is 5.09. The normalized spacial score (nSPS) is 23.4. The number of aliphatic hydroxyl groups excluding tert-OH is 1. The van der Waals surface area contributed by atoms with Crippen LogP contribution < -0.4 is 5.43 Å². The fraction of sp³-hybridized carbons (Fsp3) is 0.333. The zero-order valence-corrected chi connectivity index (χ0v) is 15.6. The maximum atomic E-state index is 13.5. The Morgan fingerprint density at radius 3 is 2.68 bits per heavy atom. The third-order valence-electron chi connectivity index (χ3n) is 5.09. The fourth-order valence-corrected chi connectivity index (χ4v) is 3.59. The molecule has 2 unspecified atom stereocenters. The average Bonchev–Trinajstić information content (AvgIpc) is 3.04. The molecule has 7 heteroatoms. The van der Waals surface area contributed by atoms with E-state index >= 15 is 0 Å². The molecular formula is C21H23F2N3O2. The molecule has 2 aliphatic heterocycles. The van der Waals surface area contributed by atoms with Gasteiger partial charge in [0.25, 0.3) is 0 Å². The first kappa shape index (κ1) is 19.0. The number of aliphatic hydroxyl groups is 1. The Morgan fingerprint density at radius 1 is 1.14 bits per heavy atom. The molecule has 2 N–H and O–H groups in total. The lowest BCUT2D eigenvalue weighted by Crippen LogP contribution is -2.52. The van der Waals surface area contributed by atoms with E-state index in [0.717, 1.165) is 23.4 Å². The minimum absolute atomic E-state index is 0.335. The van der Waals surface area contributed by atoms with Gasteiger partial charge < -0.3 is 14.9 Å². The molecule has 0 aromatic heterocycles. The third kappa shape index (κ3) is 3.93. The minimum Gasteiger partial charge on any atom is -0.374 e. The van der Waals surface area contributed by atoms with Crippen molar-refractivity contribution >= 4 is 0 Å². The Bertz CT molecular complexity index is 877. The lowest BCUT2D eigenvalue weighted by Gasteiger charge is -2.38. The summed E-state index contributed by atoms with van der Waals surface area (Å²) in [6.07, 6.45) is 0.996. The number of ether oxygens (including phenoxy) is 1. The van der Waals surface area contributed by atoms with Gasteiger partial charge in [-0.05, 0) is 36.3 Å². The molecule has 2 aliphatic rings. The smallest absolute Gasteiger partial charge is 0.159 e. The molecule has 148 valence electrons.